The third-order valence-corrected chi connectivity index (χ3v) is 6.14. The van der Waals surface area contributed by atoms with Crippen molar-refractivity contribution in [1.29, 1.82) is 0 Å². The standard InChI is InChI=1S/C28H26ClNO5/c1-16(12-26(31)30-19-8-11-25(33-4)24(29)13-19)21-14-22-23(18-6-9-20(32-3)10-7-18)15-35-28(22)17(2)27(21)34-5/h6-15H,1-5H3,(H,30,31)/b16-12+. The number of hydrogen-bond acceptors (Lipinski definition) is 5. The van der Waals surface area contributed by atoms with Crippen molar-refractivity contribution in [3.63, 3.8) is 0 Å². The highest BCUT2D eigenvalue weighted by atomic mass is 35.5. The van der Waals surface area contributed by atoms with Crippen molar-refractivity contribution in [2.45, 2.75) is 13.8 Å². The second-order valence-electron chi connectivity index (χ2n) is 8.00. The van der Waals surface area contributed by atoms with Crippen LogP contribution in [-0.4, -0.2) is 27.2 Å². The number of methoxy groups -OCH3 is 3. The number of halogens is 1. The van der Waals surface area contributed by atoms with Crippen LogP contribution >= 0.6 is 11.6 Å². The van der Waals surface area contributed by atoms with Crippen molar-refractivity contribution >= 4 is 39.7 Å². The highest BCUT2D eigenvalue weighted by Crippen LogP contribution is 2.41. The van der Waals surface area contributed by atoms with Gasteiger partial charge in [-0.15, -0.1) is 0 Å². The lowest BCUT2D eigenvalue weighted by Crippen LogP contribution is -2.09. The van der Waals surface area contributed by atoms with E-state index in [0.29, 0.717) is 22.2 Å². The number of anilines is 1. The van der Waals surface area contributed by atoms with Gasteiger partial charge in [-0.05, 0) is 61.4 Å². The van der Waals surface area contributed by atoms with Crippen LogP contribution in [0.1, 0.15) is 18.1 Å². The van der Waals surface area contributed by atoms with Crippen LogP contribution in [0.5, 0.6) is 17.2 Å². The molecule has 0 radical (unpaired) electrons. The van der Waals surface area contributed by atoms with Gasteiger partial charge in [-0.2, -0.15) is 0 Å². The SMILES string of the molecule is COc1ccc(-c2coc3c(C)c(OC)c(/C(C)=C/C(=O)Nc4ccc(OC)c(Cl)c4)cc23)cc1. The molecular formula is C28H26ClNO5. The number of benzene rings is 3. The van der Waals surface area contributed by atoms with Gasteiger partial charge in [0.25, 0.3) is 0 Å². The normalized spacial score (nSPS) is 11.4. The molecule has 0 saturated heterocycles. The van der Waals surface area contributed by atoms with E-state index >= 15 is 0 Å². The molecule has 1 N–H and O–H groups in total. The maximum absolute atomic E-state index is 12.8. The highest BCUT2D eigenvalue weighted by molar-refractivity contribution is 6.32. The lowest BCUT2D eigenvalue weighted by Gasteiger charge is -2.13. The largest absolute Gasteiger partial charge is 0.497 e. The quantitative estimate of drug-likeness (QED) is 0.278. The molecular weight excluding hydrogens is 466 g/mol. The summed E-state index contributed by atoms with van der Waals surface area (Å²) in [7, 11) is 4.79. The zero-order chi connectivity index (χ0) is 25.1. The fourth-order valence-electron chi connectivity index (χ4n) is 4.06. The average Bonchev–Trinajstić information content (AvgIpc) is 3.28. The summed E-state index contributed by atoms with van der Waals surface area (Å²) in [6, 6.07) is 14.9. The number of carbonyl (C=O) groups excluding carboxylic acids is 1. The summed E-state index contributed by atoms with van der Waals surface area (Å²) < 4.78 is 22.1. The Bertz CT molecular complexity index is 1420. The highest BCUT2D eigenvalue weighted by Gasteiger charge is 2.19. The van der Waals surface area contributed by atoms with Crippen molar-refractivity contribution in [3.8, 4) is 28.4 Å². The number of ether oxygens (including phenoxy) is 3. The Labute approximate surface area is 209 Å². The van der Waals surface area contributed by atoms with E-state index in [1.807, 2.05) is 44.2 Å². The number of nitrogens with one attached hydrogen (secondary N) is 1. The number of allylic oxidation sites excluding steroid dienone is 1. The van der Waals surface area contributed by atoms with Gasteiger partial charge in [0.1, 0.15) is 22.8 Å². The topological polar surface area (TPSA) is 69.9 Å². The Hall–Kier alpha value is -3.90. The Balaban J connectivity index is 1.71. The fourth-order valence-corrected chi connectivity index (χ4v) is 4.32. The first kappa shape index (κ1) is 24.2. The van der Waals surface area contributed by atoms with Gasteiger partial charge in [0.15, 0.2) is 0 Å². The minimum absolute atomic E-state index is 0.286. The van der Waals surface area contributed by atoms with E-state index in [9.17, 15) is 4.79 Å². The Morgan fingerprint density at radius 1 is 1.00 bits per heavy atom. The molecule has 0 aliphatic carbocycles. The molecule has 1 aromatic heterocycles. The molecule has 35 heavy (non-hydrogen) atoms. The molecule has 1 amide bonds. The first-order valence-corrected chi connectivity index (χ1v) is 11.3. The Morgan fingerprint density at radius 3 is 2.37 bits per heavy atom. The van der Waals surface area contributed by atoms with Crippen LogP contribution < -0.4 is 19.5 Å². The van der Waals surface area contributed by atoms with Gasteiger partial charge in [-0.1, -0.05) is 23.7 Å². The minimum atomic E-state index is -0.286. The predicted octanol–water partition coefficient (Wildman–Crippen LogP) is 7.13. The van der Waals surface area contributed by atoms with E-state index < -0.39 is 0 Å². The molecule has 4 aromatic rings. The molecule has 7 heteroatoms. The number of furan rings is 1. The molecule has 180 valence electrons. The molecule has 0 aliphatic heterocycles. The Kier molecular flexibility index (Phi) is 7.03. The second kappa shape index (κ2) is 10.2. The van der Waals surface area contributed by atoms with Gasteiger partial charge in [-0.25, -0.2) is 0 Å². The maximum Gasteiger partial charge on any atom is 0.248 e. The van der Waals surface area contributed by atoms with Gasteiger partial charge >= 0.3 is 0 Å². The van der Waals surface area contributed by atoms with Gasteiger partial charge in [0.2, 0.25) is 5.91 Å². The van der Waals surface area contributed by atoms with E-state index in [2.05, 4.69) is 5.32 Å². The molecule has 4 rings (SSSR count). The number of aryl methyl sites for hydroxylation is 1. The Morgan fingerprint density at radius 2 is 1.74 bits per heavy atom. The van der Waals surface area contributed by atoms with E-state index in [1.165, 1.54) is 13.2 Å². The number of rotatable bonds is 7. The van der Waals surface area contributed by atoms with Crippen LogP contribution in [0.2, 0.25) is 5.02 Å². The summed E-state index contributed by atoms with van der Waals surface area (Å²) in [5.41, 5.74) is 5.65. The van der Waals surface area contributed by atoms with Gasteiger partial charge in [-0.3, -0.25) is 4.79 Å². The molecule has 1 heterocycles. The summed E-state index contributed by atoms with van der Waals surface area (Å²) in [5.74, 6) is 1.69. The lowest BCUT2D eigenvalue weighted by atomic mass is 9.96. The van der Waals surface area contributed by atoms with E-state index in [0.717, 1.165) is 44.5 Å². The number of fused-ring (bicyclic) bond motifs is 1. The maximum atomic E-state index is 12.8. The third-order valence-electron chi connectivity index (χ3n) is 5.84. The van der Waals surface area contributed by atoms with E-state index in [1.54, 1.807) is 38.7 Å². The zero-order valence-electron chi connectivity index (χ0n) is 20.2. The summed E-state index contributed by atoms with van der Waals surface area (Å²) in [6.07, 6.45) is 3.27. The van der Waals surface area contributed by atoms with Crippen molar-refractivity contribution < 1.29 is 23.4 Å². The van der Waals surface area contributed by atoms with Gasteiger partial charge in [0, 0.05) is 33.8 Å². The van der Waals surface area contributed by atoms with Gasteiger partial charge < -0.3 is 23.9 Å². The summed E-state index contributed by atoms with van der Waals surface area (Å²) in [4.78, 5) is 12.8. The summed E-state index contributed by atoms with van der Waals surface area (Å²) >= 11 is 6.17. The van der Waals surface area contributed by atoms with Crippen LogP contribution in [0.4, 0.5) is 5.69 Å². The van der Waals surface area contributed by atoms with Gasteiger partial charge in [0.05, 0.1) is 32.6 Å². The summed E-state index contributed by atoms with van der Waals surface area (Å²) in [6.45, 7) is 3.81. The molecule has 0 spiro atoms. The predicted molar refractivity (Wildman–Crippen MR) is 140 cm³/mol. The number of hydrogen-bond donors (Lipinski definition) is 1. The van der Waals surface area contributed by atoms with Crippen LogP contribution in [0.3, 0.4) is 0 Å². The molecule has 0 bridgehead atoms. The van der Waals surface area contributed by atoms with Crippen LogP contribution in [0.15, 0.2) is 65.3 Å². The van der Waals surface area contributed by atoms with Crippen molar-refractivity contribution in [2.24, 2.45) is 0 Å². The average molecular weight is 492 g/mol. The number of carbonyl (C=O) groups is 1. The van der Waals surface area contributed by atoms with Crippen molar-refractivity contribution in [2.75, 3.05) is 26.6 Å². The minimum Gasteiger partial charge on any atom is -0.497 e. The van der Waals surface area contributed by atoms with Crippen LogP contribution in [-0.2, 0) is 4.79 Å². The molecule has 0 aliphatic rings. The molecule has 0 unspecified atom stereocenters. The molecule has 0 saturated carbocycles. The first-order chi connectivity index (χ1) is 16.9. The van der Waals surface area contributed by atoms with Crippen LogP contribution in [0, 0.1) is 6.92 Å². The van der Waals surface area contributed by atoms with E-state index in [4.69, 9.17) is 30.2 Å². The van der Waals surface area contributed by atoms with Crippen molar-refractivity contribution in [3.05, 3.63) is 77.0 Å². The first-order valence-electron chi connectivity index (χ1n) is 10.9. The lowest BCUT2D eigenvalue weighted by molar-refractivity contribution is -0.111. The fraction of sp³-hybridized carbons (Fsp3) is 0.179. The molecule has 6 nitrogen and oxygen atoms in total. The molecule has 0 fully saturated rings. The van der Waals surface area contributed by atoms with E-state index in [-0.39, 0.29) is 5.91 Å². The number of amides is 1. The van der Waals surface area contributed by atoms with Crippen molar-refractivity contribution in [1.82, 2.24) is 0 Å². The monoisotopic (exact) mass is 491 g/mol. The third kappa shape index (κ3) is 4.84. The second-order valence-corrected chi connectivity index (χ2v) is 8.41. The van der Waals surface area contributed by atoms with Crippen LogP contribution in [0.25, 0.3) is 27.7 Å². The molecule has 3 aromatic carbocycles. The smallest absolute Gasteiger partial charge is 0.248 e. The zero-order valence-corrected chi connectivity index (χ0v) is 20.9. The summed E-state index contributed by atoms with van der Waals surface area (Å²) in [5, 5.41) is 4.19. The molecule has 0 atom stereocenters.